The number of rotatable bonds is 4. The van der Waals surface area contributed by atoms with Gasteiger partial charge in [0, 0.05) is 25.3 Å². The second-order valence-corrected chi connectivity index (χ2v) is 5.94. The number of fused-ring (bicyclic) bond motifs is 3. The maximum atomic E-state index is 11.3. The predicted molar refractivity (Wildman–Crippen MR) is 80.8 cm³/mol. The van der Waals surface area contributed by atoms with Gasteiger partial charge in [-0.05, 0) is 49.5 Å². The molecule has 3 heterocycles. The Hall–Kier alpha value is -1.55. The van der Waals surface area contributed by atoms with Crippen molar-refractivity contribution >= 4 is 11.6 Å². The molecule has 4 heteroatoms. The van der Waals surface area contributed by atoms with Crippen LogP contribution in [0.3, 0.4) is 0 Å². The maximum Gasteiger partial charge on any atom is 0.224 e. The standard InChI is InChI=1S/C16H23N3O/c1-17-16(20)10-12-2-4-14(5-3-12)18-15-11-19-8-6-13(15)7-9-19/h2-5,13,15,18H,6-11H2,1H3,(H,17,20). The molecule has 1 atom stereocenters. The molecule has 1 unspecified atom stereocenters. The first-order valence-corrected chi connectivity index (χ1v) is 7.53. The molecular formula is C16H23N3O. The van der Waals surface area contributed by atoms with Crippen LogP contribution in [0.1, 0.15) is 18.4 Å². The fourth-order valence-corrected chi connectivity index (χ4v) is 3.34. The minimum Gasteiger partial charge on any atom is -0.381 e. The summed E-state index contributed by atoms with van der Waals surface area (Å²) in [6.07, 6.45) is 3.11. The largest absolute Gasteiger partial charge is 0.381 e. The van der Waals surface area contributed by atoms with Crippen LogP contribution in [0, 0.1) is 5.92 Å². The van der Waals surface area contributed by atoms with Crippen molar-refractivity contribution in [1.29, 1.82) is 0 Å². The fraction of sp³-hybridized carbons (Fsp3) is 0.562. The van der Waals surface area contributed by atoms with Gasteiger partial charge in [-0.1, -0.05) is 12.1 Å². The van der Waals surface area contributed by atoms with Gasteiger partial charge >= 0.3 is 0 Å². The monoisotopic (exact) mass is 273 g/mol. The molecule has 20 heavy (non-hydrogen) atoms. The fourth-order valence-electron chi connectivity index (χ4n) is 3.34. The smallest absolute Gasteiger partial charge is 0.224 e. The minimum atomic E-state index is 0.0584. The highest BCUT2D eigenvalue weighted by Crippen LogP contribution is 2.29. The lowest BCUT2D eigenvalue weighted by Crippen LogP contribution is -2.53. The average molecular weight is 273 g/mol. The lowest BCUT2D eigenvalue weighted by atomic mass is 9.84. The van der Waals surface area contributed by atoms with Crippen molar-refractivity contribution in [2.24, 2.45) is 5.92 Å². The molecule has 3 aliphatic rings. The molecule has 2 bridgehead atoms. The summed E-state index contributed by atoms with van der Waals surface area (Å²) in [6.45, 7) is 3.71. The van der Waals surface area contributed by atoms with Gasteiger partial charge in [-0.15, -0.1) is 0 Å². The first-order chi connectivity index (χ1) is 9.74. The Kier molecular flexibility index (Phi) is 3.92. The molecule has 1 aromatic rings. The molecule has 3 aliphatic heterocycles. The lowest BCUT2D eigenvalue weighted by Gasteiger charge is -2.45. The third-order valence-corrected chi connectivity index (χ3v) is 4.61. The maximum absolute atomic E-state index is 11.3. The molecule has 2 N–H and O–H groups in total. The van der Waals surface area contributed by atoms with E-state index in [1.165, 1.54) is 38.2 Å². The van der Waals surface area contributed by atoms with Crippen molar-refractivity contribution < 1.29 is 4.79 Å². The number of hydrogen-bond donors (Lipinski definition) is 2. The molecule has 0 saturated carbocycles. The molecule has 0 radical (unpaired) electrons. The van der Waals surface area contributed by atoms with Gasteiger partial charge in [0.05, 0.1) is 6.42 Å². The van der Waals surface area contributed by atoms with Crippen LogP contribution in [0.15, 0.2) is 24.3 Å². The SMILES string of the molecule is CNC(=O)Cc1ccc(NC2CN3CCC2CC3)cc1. The molecule has 4 nitrogen and oxygen atoms in total. The molecular weight excluding hydrogens is 250 g/mol. The van der Waals surface area contributed by atoms with Gasteiger partial charge in [-0.25, -0.2) is 0 Å². The molecule has 108 valence electrons. The van der Waals surface area contributed by atoms with E-state index in [0.29, 0.717) is 12.5 Å². The van der Waals surface area contributed by atoms with E-state index in [1.807, 2.05) is 12.1 Å². The van der Waals surface area contributed by atoms with E-state index < -0.39 is 0 Å². The van der Waals surface area contributed by atoms with Gasteiger partial charge in [-0.3, -0.25) is 4.79 Å². The van der Waals surface area contributed by atoms with Crippen molar-refractivity contribution in [3.8, 4) is 0 Å². The highest BCUT2D eigenvalue weighted by Gasteiger charge is 2.33. The second-order valence-electron chi connectivity index (χ2n) is 5.94. The summed E-state index contributed by atoms with van der Waals surface area (Å²) in [5.74, 6) is 0.883. The molecule has 3 saturated heterocycles. The van der Waals surface area contributed by atoms with Crippen LogP contribution >= 0.6 is 0 Å². The molecule has 0 aliphatic carbocycles. The van der Waals surface area contributed by atoms with Gasteiger partial charge in [0.1, 0.15) is 0 Å². The molecule has 1 amide bonds. The minimum absolute atomic E-state index is 0.0584. The van der Waals surface area contributed by atoms with Crippen molar-refractivity contribution in [1.82, 2.24) is 10.2 Å². The van der Waals surface area contributed by atoms with Crippen LogP contribution in [-0.4, -0.2) is 43.5 Å². The zero-order valence-corrected chi connectivity index (χ0v) is 12.1. The molecule has 4 rings (SSSR count). The van der Waals surface area contributed by atoms with Crippen molar-refractivity contribution in [3.63, 3.8) is 0 Å². The average Bonchev–Trinajstić information content (AvgIpc) is 2.50. The van der Waals surface area contributed by atoms with E-state index in [2.05, 4.69) is 27.7 Å². The van der Waals surface area contributed by atoms with Gasteiger partial charge in [-0.2, -0.15) is 0 Å². The third-order valence-electron chi connectivity index (χ3n) is 4.61. The zero-order valence-electron chi connectivity index (χ0n) is 12.1. The second kappa shape index (κ2) is 5.83. The summed E-state index contributed by atoms with van der Waals surface area (Å²) in [5.41, 5.74) is 2.23. The van der Waals surface area contributed by atoms with Gasteiger partial charge < -0.3 is 15.5 Å². The Balaban J connectivity index is 1.59. The summed E-state index contributed by atoms with van der Waals surface area (Å²) < 4.78 is 0. The van der Waals surface area contributed by atoms with Gasteiger partial charge in [0.2, 0.25) is 5.91 Å². The topological polar surface area (TPSA) is 44.4 Å². The Morgan fingerprint density at radius 1 is 1.25 bits per heavy atom. The summed E-state index contributed by atoms with van der Waals surface area (Å²) in [5, 5.41) is 6.32. The van der Waals surface area contributed by atoms with E-state index >= 15 is 0 Å². The number of benzene rings is 1. The lowest BCUT2D eigenvalue weighted by molar-refractivity contribution is -0.119. The molecule has 1 aromatic carbocycles. The number of piperidine rings is 3. The van der Waals surface area contributed by atoms with Crippen molar-refractivity contribution in [3.05, 3.63) is 29.8 Å². The molecule has 0 aromatic heterocycles. The summed E-state index contributed by atoms with van der Waals surface area (Å²) in [4.78, 5) is 13.9. The number of amides is 1. The van der Waals surface area contributed by atoms with Crippen molar-refractivity contribution in [2.75, 3.05) is 32.0 Å². The highest BCUT2D eigenvalue weighted by atomic mass is 16.1. The Labute approximate surface area is 120 Å². The van der Waals surface area contributed by atoms with Crippen LogP contribution in [0.4, 0.5) is 5.69 Å². The van der Waals surface area contributed by atoms with Crippen LogP contribution < -0.4 is 10.6 Å². The van der Waals surface area contributed by atoms with Gasteiger partial charge in [0.25, 0.3) is 0 Å². The quantitative estimate of drug-likeness (QED) is 0.873. The number of nitrogens with one attached hydrogen (secondary N) is 2. The van der Waals surface area contributed by atoms with Crippen LogP contribution in [0.25, 0.3) is 0 Å². The number of anilines is 1. The van der Waals surface area contributed by atoms with Crippen molar-refractivity contribution in [2.45, 2.75) is 25.3 Å². The number of carbonyl (C=O) groups excluding carboxylic acids is 1. The van der Waals surface area contributed by atoms with Crippen LogP contribution in [0.5, 0.6) is 0 Å². The van der Waals surface area contributed by atoms with E-state index in [0.717, 1.165) is 11.5 Å². The van der Waals surface area contributed by atoms with E-state index in [4.69, 9.17) is 0 Å². The zero-order chi connectivity index (χ0) is 13.9. The highest BCUT2D eigenvalue weighted by molar-refractivity contribution is 5.78. The number of nitrogens with zero attached hydrogens (tertiary/aromatic N) is 1. The Bertz CT molecular complexity index is 463. The third kappa shape index (κ3) is 2.96. The first-order valence-electron chi connectivity index (χ1n) is 7.53. The normalized spacial score (nSPS) is 28.1. The van der Waals surface area contributed by atoms with Crippen LogP contribution in [0.2, 0.25) is 0 Å². The summed E-state index contributed by atoms with van der Waals surface area (Å²) in [6, 6.07) is 8.85. The predicted octanol–water partition coefficient (Wildman–Crippen LogP) is 1.48. The van der Waals surface area contributed by atoms with E-state index in [-0.39, 0.29) is 5.91 Å². The molecule has 3 fully saturated rings. The van der Waals surface area contributed by atoms with E-state index in [9.17, 15) is 4.79 Å². The number of likely N-dealkylation sites (N-methyl/N-ethyl adjacent to an activating group) is 1. The Morgan fingerprint density at radius 3 is 2.50 bits per heavy atom. The van der Waals surface area contributed by atoms with Crippen LogP contribution in [-0.2, 0) is 11.2 Å². The summed E-state index contributed by atoms with van der Waals surface area (Å²) in [7, 11) is 1.67. The summed E-state index contributed by atoms with van der Waals surface area (Å²) >= 11 is 0. The number of hydrogen-bond acceptors (Lipinski definition) is 3. The first kappa shape index (κ1) is 13.4. The van der Waals surface area contributed by atoms with E-state index in [1.54, 1.807) is 7.05 Å². The number of carbonyl (C=O) groups is 1. The molecule has 0 spiro atoms. The Morgan fingerprint density at radius 2 is 1.95 bits per heavy atom. The van der Waals surface area contributed by atoms with Gasteiger partial charge in [0.15, 0.2) is 0 Å².